The van der Waals surface area contributed by atoms with Gasteiger partial charge in [-0.25, -0.2) is 0 Å². The van der Waals surface area contributed by atoms with Crippen molar-refractivity contribution in [3.05, 3.63) is 65.2 Å². The number of rotatable bonds is 3. The van der Waals surface area contributed by atoms with Crippen LogP contribution in [-0.4, -0.2) is 30.5 Å². The van der Waals surface area contributed by atoms with Crippen LogP contribution in [0.25, 0.3) is 0 Å². The fourth-order valence-corrected chi connectivity index (χ4v) is 6.59. The number of methoxy groups -OCH3 is 1. The van der Waals surface area contributed by atoms with E-state index in [0.29, 0.717) is 24.3 Å². The normalized spacial score (nSPS) is 30.3. The van der Waals surface area contributed by atoms with Crippen LogP contribution < -0.4 is 4.74 Å². The average Bonchev–Trinajstić information content (AvgIpc) is 2.74. The summed E-state index contributed by atoms with van der Waals surface area (Å²) < 4.78 is 5.58. The number of carbonyl (C=O) groups is 1. The van der Waals surface area contributed by atoms with Crippen molar-refractivity contribution in [3.8, 4) is 5.75 Å². The number of ether oxygens (including phenoxy) is 1. The van der Waals surface area contributed by atoms with Gasteiger partial charge in [0.1, 0.15) is 5.75 Å². The number of likely N-dealkylation sites (tertiary alicyclic amines) is 1. The maximum atomic E-state index is 13.3. The number of hydrogen-bond acceptors (Lipinski definition) is 2. The van der Waals surface area contributed by atoms with Gasteiger partial charge in [-0.2, -0.15) is 0 Å². The Morgan fingerprint density at radius 3 is 2.79 bits per heavy atom. The third-order valence-corrected chi connectivity index (χ3v) is 7.86. The maximum absolute atomic E-state index is 13.3. The minimum atomic E-state index is 0.216. The summed E-state index contributed by atoms with van der Waals surface area (Å²) in [6.07, 6.45) is 6.35. The molecule has 152 valence electrons. The molecule has 0 spiro atoms. The zero-order chi connectivity index (χ0) is 20.0. The first-order valence-electron chi connectivity index (χ1n) is 11.1. The van der Waals surface area contributed by atoms with Gasteiger partial charge in [0.05, 0.1) is 13.5 Å². The summed E-state index contributed by atoms with van der Waals surface area (Å²) in [5.41, 5.74) is 4.28. The Morgan fingerprint density at radius 2 is 2.00 bits per heavy atom. The summed E-state index contributed by atoms with van der Waals surface area (Å²) in [5.74, 6) is 2.59. The van der Waals surface area contributed by atoms with Gasteiger partial charge in [-0.1, -0.05) is 49.7 Å². The quantitative estimate of drug-likeness (QED) is 0.757. The van der Waals surface area contributed by atoms with Gasteiger partial charge in [-0.3, -0.25) is 4.79 Å². The molecule has 3 heteroatoms. The second kappa shape index (κ2) is 7.19. The van der Waals surface area contributed by atoms with Crippen LogP contribution in [0.1, 0.15) is 49.3 Å². The second-order valence-electron chi connectivity index (χ2n) is 9.44. The minimum absolute atomic E-state index is 0.216. The molecule has 2 aromatic rings. The van der Waals surface area contributed by atoms with Gasteiger partial charge in [0.25, 0.3) is 0 Å². The van der Waals surface area contributed by atoms with Gasteiger partial charge in [0.15, 0.2) is 0 Å². The molecular weight excluding hydrogens is 358 g/mol. The molecule has 2 aromatic carbocycles. The molecule has 2 aliphatic carbocycles. The molecule has 0 unspecified atom stereocenters. The van der Waals surface area contributed by atoms with E-state index in [-0.39, 0.29) is 5.41 Å². The third-order valence-electron chi connectivity index (χ3n) is 7.86. The smallest absolute Gasteiger partial charge is 0.227 e. The average molecular weight is 390 g/mol. The van der Waals surface area contributed by atoms with Gasteiger partial charge in [0.2, 0.25) is 5.91 Å². The summed E-state index contributed by atoms with van der Waals surface area (Å²) >= 11 is 0. The van der Waals surface area contributed by atoms with Crippen molar-refractivity contribution in [2.75, 3.05) is 13.7 Å². The first kappa shape index (κ1) is 18.7. The Morgan fingerprint density at radius 1 is 1.17 bits per heavy atom. The van der Waals surface area contributed by atoms with Crippen LogP contribution in [0.15, 0.2) is 48.5 Å². The van der Waals surface area contributed by atoms with Crippen LogP contribution in [0, 0.1) is 11.8 Å². The van der Waals surface area contributed by atoms with E-state index in [1.165, 1.54) is 30.4 Å². The van der Waals surface area contributed by atoms with Crippen molar-refractivity contribution in [3.63, 3.8) is 0 Å². The van der Waals surface area contributed by atoms with E-state index in [9.17, 15) is 4.79 Å². The highest BCUT2D eigenvalue weighted by atomic mass is 16.5. The standard InChI is InChI=1S/C26H31NO2/c1-18-8-11-22-24-15-20-9-10-21(29-2)16-23(20)26(22,17-18)12-13-27(24)25(28)14-19-6-4-3-5-7-19/h3-7,9-10,16,18,22,24H,8,11-15,17H2,1-2H3/t18-,22-,24+,26-/m0/s1. The van der Waals surface area contributed by atoms with E-state index in [1.807, 2.05) is 18.2 Å². The molecular formula is C26H31NO2. The lowest BCUT2D eigenvalue weighted by Crippen LogP contribution is -2.63. The van der Waals surface area contributed by atoms with Crippen molar-refractivity contribution >= 4 is 5.91 Å². The molecule has 1 heterocycles. The molecule has 5 rings (SSSR count). The minimum Gasteiger partial charge on any atom is -0.497 e. The van der Waals surface area contributed by atoms with E-state index in [4.69, 9.17) is 4.74 Å². The molecule has 1 saturated carbocycles. The molecule has 0 N–H and O–H groups in total. The largest absolute Gasteiger partial charge is 0.497 e. The number of carbonyl (C=O) groups excluding carboxylic acids is 1. The van der Waals surface area contributed by atoms with Gasteiger partial charge < -0.3 is 9.64 Å². The molecule has 29 heavy (non-hydrogen) atoms. The summed E-state index contributed by atoms with van der Waals surface area (Å²) in [4.78, 5) is 15.6. The topological polar surface area (TPSA) is 29.5 Å². The van der Waals surface area contributed by atoms with Crippen LogP contribution in [0.4, 0.5) is 0 Å². The van der Waals surface area contributed by atoms with E-state index >= 15 is 0 Å². The number of fused-ring (bicyclic) bond motifs is 1. The fourth-order valence-electron chi connectivity index (χ4n) is 6.59. The SMILES string of the molecule is COc1ccc2c(c1)[C@]13CCN(C(=O)Cc4ccccc4)[C@H](C2)[C@@H]1CC[C@H](C)C3. The molecule has 0 radical (unpaired) electrons. The Kier molecular flexibility index (Phi) is 4.64. The first-order chi connectivity index (χ1) is 14.1. The first-order valence-corrected chi connectivity index (χ1v) is 11.1. The summed E-state index contributed by atoms with van der Waals surface area (Å²) in [6.45, 7) is 3.29. The van der Waals surface area contributed by atoms with E-state index in [2.05, 4.69) is 42.2 Å². The van der Waals surface area contributed by atoms with Crippen molar-refractivity contribution in [2.45, 2.75) is 56.9 Å². The Hall–Kier alpha value is -2.29. The van der Waals surface area contributed by atoms with Crippen LogP contribution in [0.5, 0.6) is 5.75 Å². The lowest BCUT2D eigenvalue weighted by atomic mass is 9.51. The van der Waals surface area contributed by atoms with E-state index < -0.39 is 0 Å². The van der Waals surface area contributed by atoms with Crippen molar-refractivity contribution in [1.29, 1.82) is 0 Å². The van der Waals surface area contributed by atoms with Crippen molar-refractivity contribution < 1.29 is 9.53 Å². The zero-order valence-electron chi connectivity index (χ0n) is 17.6. The molecule has 3 nitrogen and oxygen atoms in total. The van der Waals surface area contributed by atoms with Crippen molar-refractivity contribution in [1.82, 2.24) is 4.90 Å². The van der Waals surface area contributed by atoms with Crippen molar-refractivity contribution in [2.24, 2.45) is 11.8 Å². The summed E-state index contributed by atoms with van der Waals surface area (Å²) in [6, 6.07) is 17.2. The molecule has 1 aliphatic heterocycles. The summed E-state index contributed by atoms with van der Waals surface area (Å²) in [5, 5.41) is 0. The van der Waals surface area contributed by atoms with Crippen LogP contribution in [-0.2, 0) is 23.1 Å². The predicted octanol–water partition coefficient (Wildman–Crippen LogP) is 4.77. The highest BCUT2D eigenvalue weighted by Gasteiger charge is 2.55. The number of hydrogen-bond donors (Lipinski definition) is 0. The van der Waals surface area contributed by atoms with E-state index in [1.54, 1.807) is 7.11 Å². The number of benzene rings is 2. The molecule has 2 bridgehead atoms. The number of amides is 1. The van der Waals surface area contributed by atoms with Gasteiger partial charge in [0, 0.05) is 18.0 Å². The Labute approximate surface area is 174 Å². The number of piperidine rings is 1. The zero-order valence-corrected chi connectivity index (χ0v) is 17.6. The molecule has 1 saturated heterocycles. The van der Waals surface area contributed by atoms with Gasteiger partial charge >= 0.3 is 0 Å². The molecule has 3 aliphatic rings. The Balaban J connectivity index is 1.50. The highest BCUT2D eigenvalue weighted by Crippen LogP contribution is 2.57. The monoisotopic (exact) mass is 389 g/mol. The van der Waals surface area contributed by atoms with Gasteiger partial charge in [-0.05, 0) is 66.3 Å². The lowest BCUT2D eigenvalue weighted by molar-refractivity contribution is -0.140. The number of nitrogens with zero attached hydrogens (tertiary/aromatic N) is 1. The summed E-state index contributed by atoms with van der Waals surface area (Å²) in [7, 11) is 1.76. The molecule has 2 fully saturated rings. The van der Waals surface area contributed by atoms with E-state index in [0.717, 1.165) is 36.6 Å². The molecule has 4 atom stereocenters. The molecule has 0 aromatic heterocycles. The Bertz CT molecular complexity index is 908. The molecule has 1 amide bonds. The lowest BCUT2D eigenvalue weighted by Gasteiger charge is -2.60. The maximum Gasteiger partial charge on any atom is 0.227 e. The van der Waals surface area contributed by atoms with Crippen LogP contribution in [0.3, 0.4) is 0 Å². The second-order valence-corrected chi connectivity index (χ2v) is 9.44. The van der Waals surface area contributed by atoms with Crippen LogP contribution in [0.2, 0.25) is 0 Å². The van der Waals surface area contributed by atoms with Crippen LogP contribution >= 0.6 is 0 Å². The third kappa shape index (κ3) is 3.06. The fraction of sp³-hybridized carbons (Fsp3) is 0.500. The highest BCUT2D eigenvalue weighted by molar-refractivity contribution is 5.79. The van der Waals surface area contributed by atoms with Gasteiger partial charge in [-0.15, -0.1) is 0 Å². The predicted molar refractivity (Wildman–Crippen MR) is 115 cm³/mol.